The first-order valence-electron chi connectivity index (χ1n) is 8.41. The Hall–Kier alpha value is -2.46. The molecule has 1 atom stereocenters. The normalized spacial score (nSPS) is 12.0. The summed E-state index contributed by atoms with van der Waals surface area (Å²) in [5.74, 6) is 1.02. The van der Waals surface area contributed by atoms with E-state index < -0.39 is 0 Å². The molecule has 5 heteroatoms. The Morgan fingerprint density at radius 1 is 1.19 bits per heavy atom. The maximum absolute atomic E-state index is 12.5. The third kappa shape index (κ3) is 5.02. The third-order valence-corrected chi connectivity index (χ3v) is 4.48. The average Bonchev–Trinajstić information content (AvgIpc) is 2.66. The van der Waals surface area contributed by atoms with E-state index in [1.54, 1.807) is 19.1 Å². The monoisotopic (exact) mass is 373 g/mol. The van der Waals surface area contributed by atoms with Gasteiger partial charge in [-0.1, -0.05) is 42.0 Å². The van der Waals surface area contributed by atoms with Crippen LogP contribution in [0.5, 0.6) is 11.5 Å². The molecular weight excluding hydrogens is 350 g/mol. The van der Waals surface area contributed by atoms with E-state index in [4.69, 9.17) is 21.1 Å². The highest BCUT2D eigenvalue weighted by Crippen LogP contribution is 2.29. The number of hydrogen-bond donors (Lipinski definition) is 0. The predicted molar refractivity (Wildman–Crippen MR) is 106 cm³/mol. The highest BCUT2D eigenvalue weighted by Gasteiger charge is 2.18. The van der Waals surface area contributed by atoms with Crippen LogP contribution in [-0.4, -0.2) is 31.6 Å². The van der Waals surface area contributed by atoms with E-state index in [2.05, 4.69) is 0 Å². The van der Waals surface area contributed by atoms with Gasteiger partial charge in [0.25, 0.3) is 5.91 Å². The summed E-state index contributed by atoms with van der Waals surface area (Å²) in [6.07, 6.45) is 3.92. The third-order valence-electron chi connectivity index (χ3n) is 4.22. The molecule has 0 saturated heterocycles. The lowest BCUT2D eigenvalue weighted by Crippen LogP contribution is -2.33. The quantitative estimate of drug-likeness (QED) is 0.687. The summed E-state index contributed by atoms with van der Waals surface area (Å²) in [6.45, 7) is 3.86. The predicted octanol–water partition coefficient (Wildman–Crippen LogP) is 4.98. The number of carbonyl (C=O) groups is 1. The fraction of sp³-hybridized carbons (Fsp3) is 0.286. The van der Waals surface area contributed by atoms with Crippen LogP contribution in [-0.2, 0) is 4.79 Å². The van der Waals surface area contributed by atoms with Crippen LogP contribution in [0.4, 0.5) is 0 Å². The van der Waals surface area contributed by atoms with Crippen LogP contribution in [0, 0.1) is 0 Å². The summed E-state index contributed by atoms with van der Waals surface area (Å²) in [5.41, 5.74) is 2.02. The molecule has 1 amide bonds. The van der Waals surface area contributed by atoms with Crippen molar-refractivity contribution in [2.75, 3.05) is 20.8 Å². The number of allylic oxidation sites excluding steroid dienone is 1. The number of amides is 1. The fourth-order valence-corrected chi connectivity index (χ4v) is 2.65. The number of methoxy groups -OCH3 is 1. The second kappa shape index (κ2) is 9.30. The van der Waals surface area contributed by atoms with Crippen molar-refractivity contribution in [3.05, 3.63) is 64.7 Å². The Balaban J connectivity index is 2.02. The summed E-state index contributed by atoms with van der Waals surface area (Å²) < 4.78 is 11.0. The molecule has 0 aliphatic rings. The number of rotatable bonds is 7. The lowest BCUT2D eigenvalue weighted by atomic mass is 10.1. The molecule has 0 spiro atoms. The smallest absolute Gasteiger partial charge is 0.260 e. The number of carbonyl (C=O) groups excluding carboxylic acids is 1. The van der Waals surface area contributed by atoms with Gasteiger partial charge in [-0.3, -0.25) is 4.79 Å². The molecule has 0 bridgehead atoms. The average molecular weight is 374 g/mol. The van der Waals surface area contributed by atoms with Gasteiger partial charge >= 0.3 is 0 Å². The zero-order chi connectivity index (χ0) is 19.1. The van der Waals surface area contributed by atoms with Crippen molar-refractivity contribution in [2.45, 2.75) is 19.9 Å². The summed E-state index contributed by atoms with van der Waals surface area (Å²) in [4.78, 5) is 14.1. The van der Waals surface area contributed by atoms with Crippen LogP contribution in [0.15, 0.2) is 48.5 Å². The van der Waals surface area contributed by atoms with Crippen LogP contribution in [0.3, 0.4) is 0 Å². The summed E-state index contributed by atoms with van der Waals surface area (Å²) in [6, 6.07) is 13.0. The van der Waals surface area contributed by atoms with Crippen LogP contribution in [0.25, 0.3) is 6.08 Å². The Kier molecular flexibility index (Phi) is 7.10. The molecule has 0 radical (unpaired) electrons. The molecule has 0 aliphatic carbocycles. The standard InChI is InChI=1S/C21H24ClNO3/c1-5-6-16-7-12-19(20(13-16)25-4)26-14-21(24)23(3)15(2)17-8-10-18(22)11-9-17/h5-13,15H,14H2,1-4H3/b6-5+. The largest absolute Gasteiger partial charge is 0.493 e. The molecule has 0 aliphatic heterocycles. The van der Waals surface area contributed by atoms with E-state index in [0.29, 0.717) is 16.5 Å². The van der Waals surface area contributed by atoms with Crippen LogP contribution >= 0.6 is 11.6 Å². The molecule has 138 valence electrons. The van der Waals surface area contributed by atoms with E-state index in [-0.39, 0.29) is 18.6 Å². The molecule has 26 heavy (non-hydrogen) atoms. The van der Waals surface area contributed by atoms with Gasteiger partial charge in [-0.2, -0.15) is 0 Å². The van der Waals surface area contributed by atoms with E-state index in [0.717, 1.165) is 11.1 Å². The zero-order valence-corrected chi connectivity index (χ0v) is 16.3. The molecule has 4 nitrogen and oxygen atoms in total. The van der Waals surface area contributed by atoms with Crippen LogP contribution in [0.1, 0.15) is 31.0 Å². The van der Waals surface area contributed by atoms with Gasteiger partial charge in [0, 0.05) is 12.1 Å². The highest BCUT2D eigenvalue weighted by molar-refractivity contribution is 6.30. The van der Waals surface area contributed by atoms with Crippen molar-refractivity contribution < 1.29 is 14.3 Å². The molecule has 0 saturated carbocycles. The molecular formula is C21H24ClNO3. The van der Waals surface area contributed by atoms with Crippen molar-refractivity contribution in [1.29, 1.82) is 0 Å². The topological polar surface area (TPSA) is 38.8 Å². The fourth-order valence-electron chi connectivity index (χ4n) is 2.52. The molecule has 1 unspecified atom stereocenters. The van der Waals surface area contributed by atoms with Crippen molar-refractivity contribution in [3.8, 4) is 11.5 Å². The van der Waals surface area contributed by atoms with Gasteiger partial charge in [-0.05, 0) is 49.2 Å². The van der Waals surface area contributed by atoms with Gasteiger partial charge in [0.1, 0.15) is 0 Å². The maximum atomic E-state index is 12.5. The minimum absolute atomic E-state index is 0.0618. The molecule has 2 rings (SSSR count). The van der Waals surface area contributed by atoms with E-state index >= 15 is 0 Å². The van der Waals surface area contributed by atoms with Crippen molar-refractivity contribution in [2.24, 2.45) is 0 Å². The summed E-state index contributed by atoms with van der Waals surface area (Å²) >= 11 is 5.92. The van der Waals surface area contributed by atoms with Gasteiger partial charge in [0.15, 0.2) is 18.1 Å². The molecule has 0 fully saturated rings. The Morgan fingerprint density at radius 2 is 1.88 bits per heavy atom. The molecule has 0 heterocycles. The number of hydrogen-bond acceptors (Lipinski definition) is 3. The van der Waals surface area contributed by atoms with Gasteiger partial charge in [-0.25, -0.2) is 0 Å². The minimum Gasteiger partial charge on any atom is -0.493 e. The first-order valence-corrected chi connectivity index (χ1v) is 8.78. The second-order valence-electron chi connectivity index (χ2n) is 5.93. The van der Waals surface area contributed by atoms with Gasteiger partial charge in [0.2, 0.25) is 0 Å². The van der Waals surface area contributed by atoms with E-state index in [9.17, 15) is 4.79 Å². The number of halogens is 1. The summed E-state index contributed by atoms with van der Waals surface area (Å²) in [7, 11) is 3.34. The SMILES string of the molecule is C/C=C/c1ccc(OCC(=O)N(C)C(C)c2ccc(Cl)cc2)c(OC)c1. The Bertz CT molecular complexity index is 771. The van der Waals surface area contributed by atoms with Gasteiger partial charge < -0.3 is 14.4 Å². The van der Waals surface area contributed by atoms with Gasteiger partial charge in [0.05, 0.1) is 13.2 Å². The molecule has 0 aromatic heterocycles. The van der Waals surface area contributed by atoms with Crippen molar-refractivity contribution in [1.82, 2.24) is 4.90 Å². The maximum Gasteiger partial charge on any atom is 0.260 e. The van der Waals surface area contributed by atoms with Gasteiger partial charge in [-0.15, -0.1) is 0 Å². The van der Waals surface area contributed by atoms with Crippen molar-refractivity contribution in [3.63, 3.8) is 0 Å². The minimum atomic E-state index is -0.118. The molecule has 0 N–H and O–H groups in total. The lowest BCUT2D eigenvalue weighted by Gasteiger charge is -2.25. The number of benzene rings is 2. The first-order chi connectivity index (χ1) is 12.5. The Labute approximate surface area is 160 Å². The number of ether oxygens (including phenoxy) is 2. The highest BCUT2D eigenvalue weighted by atomic mass is 35.5. The van der Waals surface area contributed by atoms with Crippen LogP contribution in [0.2, 0.25) is 5.02 Å². The second-order valence-corrected chi connectivity index (χ2v) is 6.37. The van der Waals surface area contributed by atoms with Crippen LogP contribution < -0.4 is 9.47 Å². The molecule has 2 aromatic rings. The van der Waals surface area contributed by atoms with E-state index in [1.165, 1.54) is 0 Å². The Morgan fingerprint density at radius 3 is 2.50 bits per heavy atom. The number of likely N-dealkylation sites (N-methyl/N-ethyl adjacent to an activating group) is 1. The first kappa shape index (κ1) is 19.9. The van der Waals surface area contributed by atoms with E-state index in [1.807, 2.05) is 68.5 Å². The van der Waals surface area contributed by atoms with Crippen molar-refractivity contribution >= 4 is 23.6 Å². The molecule has 2 aromatic carbocycles. The summed E-state index contributed by atoms with van der Waals surface area (Å²) in [5, 5.41) is 0.673. The number of nitrogens with zero attached hydrogens (tertiary/aromatic N) is 1. The lowest BCUT2D eigenvalue weighted by molar-refractivity contribution is -0.134. The zero-order valence-electron chi connectivity index (χ0n) is 15.5.